The predicted molar refractivity (Wildman–Crippen MR) is 74.2 cm³/mol. The van der Waals surface area contributed by atoms with E-state index >= 15 is 0 Å². The maximum atomic E-state index is 13.1. The zero-order chi connectivity index (χ0) is 14.4. The van der Waals surface area contributed by atoms with Gasteiger partial charge in [-0.15, -0.1) is 0 Å². The van der Waals surface area contributed by atoms with Crippen LogP contribution in [0.2, 0.25) is 0 Å². The van der Waals surface area contributed by atoms with E-state index in [0.29, 0.717) is 18.5 Å². The van der Waals surface area contributed by atoms with Crippen LogP contribution in [0, 0.1) is 11.6 Å². The molecule has 1 atom stereocenters. The Hall–Kier alpha value is -1.78. The normalized spacial score (nSPS) is 12.3. The summed E-state index contributed by atoms with van der Waals surface area (Å²) in [4.78, 5) is 0. The average molecular weight is 277 g/mol. The Bertz CT molecular complexity index is 545. The van der Waals surface area contributed by atoms with Crippen LogP contribution in [0.1, 0.15) is 11.1 Å². The van der Waals surface area contributed by atoms with Gasteiger partial charge in [0.05, 0.1) is 6.61 Å². The molecule has 0 unspecified atom stereocenters. The Morgan fingerprint density at radius 2 is 1.70 bits per heavy atom. The topological polar surface area (TPSA) is 32.3 Å². The number of benzene rings is 2. The average Bonchev–Trinajstić information content (AvgIpc) is 2.48. The largest absolute Gasteiger partial charge is 0.395 e. The summed E-state index contributed by atoms with van der Waals surface area (Å²) in [5.41, 5.74) is 1.76. The van der Waals surface area contributed by atoms with Crippen LogP contribution in [0.4, 0.5) is 8.78 Å². The molecule has 0 saturated carbocycles. The molecular formula is C16H17F2NO. The zero-order valence-corrected chi connectivity index (χ0v) is 11.0. The van der Waals surface area contributed by atoms with Gasteiger partial charge in [-0.1, -0.05) is 36.4 Å². The molecule has 0 aliphatic rings. The van der Waals surface area contributed by atoms with E-state index in [0.717, 1.165) is 11.6 Å². The van der Waals surface area contributed by atoms with Gasteiger partial charge in [-0.2, -0.15) is 0 Å². The third-order valence-corrected chi connectivity index (χ3v) is 3.12. The molecule has 2 aromatic rings. The van der Waals surface area contributed by atoms with Gasteiger partial charge in [0.15, 0.2) is 11.6 Å². The van der Waals surface area contributed by atoms with Gasteiger partial charge in [0, 0.05) is 12.6 Å². The van der Waals surface area contributed by atoms with E-state index in [2.05, 4.69) is 5.32 Å². The number of halogens is 2. The molecule has 0 radical (unpaired) electrons. The monoisotopic (exact) mass is 277 g/mol. The lowest BCUT2D eigenvalue weighted by atomic mass is 10.1. The third kappa shape index (κ3) is 4.11. The molecule has 0 spiro atoms. The number of aliphatic hydroxyl groups excluding tert-OH is 1. The maximum absolute atomic E-state index is 13.1. The summed E-state index contributed by atoms with van der Waals surface area (Å²) in [6.45, 7) is 0.369. The van der Waals surface area contributed by atoms with Gasteiger partial charge < -0.3 is 10.4 Å². The molecule has 0 aromatic heterocycles. The number of hydrogen-bond acceptors (Lipinski definition) is 2. The van der Waals surface area contributed by atoms with Gasteiger partial charge in [0.25, 0.3) is 0 Å². The SMILES string of the molecule is OC[C@@H](Cc1ccccc1)NCc1ccc(F)c(F)c1. The summed E-state index contributed by atoms with van der Waals surface area (Å²) < 4.78 is 25.9. The second-order valence-corrected chi connectivity index (χ2v) is 4.70. The molecule has 0 aliphatic heterocycles. The van der Waals surface area contributed by atoms with Gasteiger partial charge in [-0.25, -0.2) is 8.78 Å². The fraction of sp³-hybridized carbons (Fsp3) is 0.250. The molecule has 2 nitrogen and oxygen atoms in total. The summed E-state index contributed by atoms with van der Waals surface area (Å²) in [5, 5.41) is 12.5. The Morgan fingerprint density at radius 1 is 0.950 bits per heavy atom. The fourth-order valence-electron chi connectivity index (χ4n) is 2.01. The first-order valence-corrected chi connectivity index (χ1v) is 6.51. The minimum Gasteiger partial charge on any atom is -0.395 e. The first-order valence-electron chi connectivity index (χ1n) is 6.51. The van der Waals surface area contributed by atoms with Crippen molar-refractivity contribution >= 4 is 0 Å². The second kappa shape index (κ2) is 7.12. The molecule has 0 aliphatic carbocycles. The van der Waals surface area contributed by atoms with Crippen molar-refractivity contribution in [3.63, 3.8) is 0 Å². The molecule has 2 rings (SSSR count). The zero-order valence-electron chi connectivity index (χ0n) is 11.0. The first kappa shape index (κ1) is 14.6. The Balaban J connectivity index is 1.92. The van der Waals surface area contributed by atoms with Crippen LogP contribution < -0.4 is 5.32 Å². The van der Waals surface area contributed by atoms with Crippen LogP contribution in [0.3, 0.4) is 0 Å². The van der Waals surface area contributed by atoms with Crippen LogP contribution in [0.25, 0.3) is 0 Å². The minimum absolute atomic E-state index is 0.0153. The lowest BCUT2D eigenvalue weighted by molar-refractivity contribution is 0.240. The highest BCUT2D eigenvalue weighted by Crippen LogP contribution is 2.09. The molecular weight excluding hydrogens is 260 g/mol. The molecule has 20 heavy (non-hydrogen) atoms. The standard InChI is InChI=1S/C16H17F2NO/c17-15-7-6-13(9-16(15)18)10-19-14(11-20)8-12-4-2-1-3-5-12/h1-7,9,14,19-20H,8,10-11H2/t14-/m1/s1. The van der Waals surface area contributed by atoms with Crippen molar-refractivity contribution in [2.24, 2.45) is 0 Å². The molecule has 0 saturated heterocycles. The lowest BCUT2D eigenvalue weighted by Gasteiger charge is -2.16. The summed E-state index contributed by atoms with van der Waals surface area (Å²) >= 11 is 0. The van der Waals surface area contributed by atoms with E-state index in [1.165, 1.54) is 12.1 Å². The second-order valence-electron chi connectivity index (χ2n) is 4.70. The van der Waals surface area contributed by atoms with E-state index in [1.54, 1.807) is 0 Å². The van der Waals surface area contributed by atoms with Gasteiger partial charge in [0.1, 0.15) is 0 Å². The molecule has 2 N–H and O–H groups in total. The van der Waals surface area contributed by atoms with Crippen molar-refractivity contribution in [1.82, 2.24) is 5.32 Å². The predicted octanol–water partition coefficient (Wildman–Crippen LogP) is 2.66. The molecule has 0 amide bonds. The lowest BCUT2D eigenvalue weighted by Crippen LogP contribution is -2.34. The van der Waals surface area contributed by atoms with Crippen molar-refractivity contribution in [3.8, 4) is 0 Å². The molecule has 106 valence electrons. The quantitative estimate of drug-likeness (QED) is 0.851. The van der Waals surface area contributed by atoms with E-state index < -0.39 is 11.6 Å². The molecule has 2 aromatic carbocycles. The van der Waals surface area contributed by atoms with Crippen LogP contribution in [-0.2, 0) is 13.0 Å². The van der Waals surface area contributed by atoms with Gasteiger partial charge in [-0.05, 0) is 29.7 Å². The molecule has 0 heterocycles. The Morgan fingerprint density at radius 3 is 2.35 bits per heavy atom. The highest BCUT2D eigenvalue weighted by Gasteiger charge is 2.09. The Kier molecular flexibility index (Phi) is 5.21. The number of nitrogens with one attached hydrogen (secondary N) is 1. The molecule has 0 fully saturated rings. The first-order chi connectivity index (χ1) is 9.69. The van der Waals surface area contributed by atoms with Crippen molar-refractivity contribution in [2.75, 3.05) is 6.61 Å². The van der Waals surface area contributed by atoms with Crippen LogP contribution in [0.5, 0.6) is 0 Å². The number of hydrogen-bond donors (Lipinski definition) is 2. The van der Waals surface area contributed by atoms with Crippen molar-refractivity contribution in [2.45, 2.75) is 19.0 Å². The third-order valence-electron chi connectivity index (χ3n) is 3.12. The van der Waals surface area contributed by atoms with Gasteiger partial charge in [0.2, 0.25) is 0 Å². The highest BCUT2D eigenvalue weighted by molar-refractivity contribution is 5.18. The fourth-order valence-corrected chi connectivity index (χ4v) is 2.01. The summed E-state index contributed by atoms with van der Waals surface area (Å²) in [6, 6.07) is 13.5. The van der Waals surface area contributed by atoms with E-state index in [1.807, 2.05) is 30.3 Å². The maximum Gasteiger partial charge on any atom is 0.159 e. The summed E-state index contributed by atoms with van der Waals surface area (Å²) in [7, 11) is 0. The summed E-state index contributed by atoms with van der Waals surface area (Å²) in [6.07, 6.45) is 0.682. The van der Waals surface area contributed by atoms with Crippen LogP contribution >= 0.6 is 0 Å². The van der Waals surface area contributed by atoms with Gasteiger partial charge >= 0.3 is 0 Å². The molecule has 0 bridgehead atoms. The summed E-state index contributed by atoms with van der Waals surface area (Å²) in [5.74, 6) is -1.70. The van der Waals surface area contributed by atoms with E-state index in [-0.39, 0.29) is 12.6 Å². The van der Waals surface area contributed by atoms with Crippen LogP contribution in [-0.4, -0.2) is 17.8 Å². The van der Waals surface area contributed by atoms with Crippen molar-refractivity contribution in [1.29, 1.82) is 0 Å². The van der Waals surface area contributed by atoms with Crippen molar-refractivity contribution < 1.29 is 13.9 Å². The van der Waals surface area contributed by atoms with Gasteiger partial charge in [-0.3, -0.25) is 0 Å². The Labute approximate surface area is 117 Å². The number of aliphatic hydroxyl groups is 1. The van der Waals surface area contributed by atoms with Crippen molar-refractivity contribution in [3.05, 3.63) is 71.3 Å². The van der Waals surface area contributed by atoms with E-state index in [4.69, 9.17) is 0 Å². The smallest absolute Gasteiger partial charge is 0.159 e. The molecule has 4 heteroatoms. The number of rotatable bonds is 6. The van der Waals surface area contributed by atoms with E-state index in [9.17, 15) is 13.9 Å². The van der Waals surface area contributed by atoms with Crippen LogP contribution in [0.15, 0.2) is 48.5 Å². The minimum atomic E-state index is -0.854. The highest BCUT2D eigenvalue weighted by atomic mass is 19.2.